The molecule has 0 atom stereocenters. The topological polar surface area (TPSA) is 117 Å². The van der Waals surface area contributed by atoms with Crippen molar-refractivity contribution >= 4 is 40.9 Å². The van der Waals surface area contributed by atoms with E-state index in [9.17, 15) is 19.2 Å². The number of methoxy groups -OCH3 is 1. The molecular formula is C36H44N4O6. The second kappa shape index (κ2) is 16.5. The van der Waals surface area contributed by atoms with Gasteiger partial charge in [-0.1, -0.05) is 56.4 Å². The Hall–Kier alpha value is -4.86. The van der Waals surface area contributed by atoms with Crippen molar-refractivity contribution in [1.29, 1.82) is 0 Å². The third kappa shape index (κ3) is 9.57. The number of carbonyl (C=O) groups excluding carboxylic acids is 4. The molecular weight excluding hydrogens is 584 g/mol. The number of rotatable bonds is 12. The molecule has 0 bridgehead atoms. The molecule has 4 rings (SSSR count). The second-order valence-corrected chi connectivity index (χ2v) is 11.8. The van der Waals surface area contributed by atoms with Crippen LogP contribution in [0.4, 0.5) is 21.9 Å². The monoisotopic (exact) mass is 628 g/mol. The van der Waals surface area contributed by atoms with E-state index in [2.05, 4.69) is 16.7 Å². The lowest BCUT2D eigenvalue weighted by Gasteiger charge is -2.29. The second-order valence-electron chi connectivity index (χ2n) is 11.8. The fourth-order valence-electron chi connectivity index (χ4n) is 5.76. The van der Waals surface area contributed by atoms with Gasteiger partial charge in [0.15, 0.2) is 6.61 Å². The average molecular weight is 629 g/mol. The van der Waals surface area contributed by atoms with E-state index >= 15 is 0 Å². The van der Waals surface area contributed by atoms with E-state index in [0.29, 0.717) is 35.2 Å². The SMILES string of the molecule is COC(=O)c1cccc(NC(=O)NCC(=O)N(CCC2CCCCC2)c2ccccc2OCC(=O)N(C)c2cc(C)cc(C)c2)c1. The lowest BCUT2D eigenvalue weighted by atomic mass is 9.87. The summed E-state index contributed by atoms with van der Waals surface area (Å²) < 4.78 is 10.8. The number of ether oxygens (including phenoxy) is 2. The molecule has 1 fully saturated rings. The van der Waals surface area contributed by atoms with Crippen molar-refractivity contribution in [3.8, 4) is 5.75 Å². The molecule has 2 N–H and O–H groups in total. The highest BCUT2D eigenvalue weighted by molar-refractivity contribution is 6.00. The third-order valence-electron chi connectivity index (χ3n) is 8.20. The number of para-hydroxylation sites is 2. The van der Waals surface area contributed by atoms with Crippen molar-refractivity contribution < 1.29 is 28.7 Å². The van der Waals surface area contributed by atoms with Gasteiger partial charge >= 0.3 is 12.0 Å². The predicted molar refractivity (Wildman–Crippen MR) is 180 cm³/mol. The normalized spacial score (nSPS) is 13.0. The summed E-state index contributed by atoms with van der Waals surface area (Å²) in [5.74, 6) is -0.139. The summed E-state index contributed by atoms with van der Waals surface area (Å²) >= 11 is 0. The van der Waals surface area contributed by atoms with E-state index < -0.39 is 12.0 Å². The van der Waals surface area contributed by atoms with E-state index in [4.69, 9.17) is 9.47 Å². The Kier molecular flexibility index (Phi) is 12.2. The minimum absolute atomic E-state index is 0.212. The maximum atomic E-state index is 13.7. The minimum Gasteiger partial charge on any atom is -0.482 e. The Labute approximate surface area is 271 Å². The maximum absolute atomic E-state index is 13.7. The molecule has 0 heterocycles. The molecule has 0 unspecified atom stereocenters. The number of esters is 1. The molecule has 1 aliphatic rings. The highest BCUT2D eigenvalue weighted by Crippen LogP contribution is 2.31. The number of anilines is 3. The molecule has 0 aliphatic heterocycles. The van der Waals surface area contributed by atoms with Crippen LogP contribution in [0.1, 0.15) is 60.0 Å². The fraction of sp³-hybridized carbons (Fsp3) is 0.389. The molecule has 3 aromatic rings. The number of nitrogens with one attached hydrogen (secondary N) is 2. The third-order valence-corrected chi connectivity index (χ3v) is 8.20. The van der Waals surface area contributed by atoms with E-state index in [1.807, 2.05) is 32.0 Å². The number of hydrogen-bond acceptors (Lipinski definition) is 6. The van der Waals surface area contributed by atoms with Crippen molar-refractivity contribution in [1.82, 2.24) is 5.32 Å². The van der Waals surface area contributed by atoms with E-state index in [1.54, 1.807) is 53.2 Å². The Balaban J connectivity index is 1.45. The minimum atomic E-state index is -0.591. The highest BCUT2D eigenvalue weighted by atomic mass is 16.5. The van der Waals surface area contributed by atoms with Crippen molar-refractivity contribution in [2.24, 2.45) is 5.92 Å². The summed E-state index contributed by atoms with van der Waals surface area (Å²) in [6.45, 7) is 3.94. The molecule has 10 nitrogen and oxygen atoms in total. The molecule has 1 aliphatic carbocycles. The first-order chi connectivity index (χ1) is 22.1. The number of aryl methyl sites for hydroxylation is 2. The van der Waals surface area contributed by atoms with Crippen LogP contribution in [0.25, 0.3) is 0 Å². The molecule has 4 amide bonds. The van der Waals surface area contributed by atoms with Gasteiger partial charge in [0.05, 0.1) is 24.9 Å². The number of hydrogen-bond donors (Lipinski definition) is 2. The zero-order valence-electron chi connectivity index (χ0n) is 27.1. The van der Waals surface area contributed by atoms with Crippen LogP contribution >= 0.6 is 0 Å². The van der Waals surface area contributed by atoms with Crippen LogP contribution in [-0.4, -0.2) is 57.7 Å². The number of amides is 4. The van der Waals surface area contributed by atoms with Gasteiger partial charge in [-0.05, 0) is 79.8 Å². The fourth-order valence-corrected chi connectivity index (χ4v) is 5.76. The van der Waals surface area contributed by atoms with Crippen LogP contribution in [0.2, 0.25) is 0 Å². The number of benzene rings is 3. The van der Waals surface area contributed by atoms with Crippen molar-refractivity contribution in [2.75, 3.05) is 49.0 Å². The molecule has 10 heteroatoms. The van der Waals surface area contributed by atoms with Crippen molar-refractivity contribution in [3.05, 3.63) is 83.4 Å². The largest absolute Gasteiger partial charge is 0.482 e. The highest BCUT2D eigenvalue weighted by Gasteiger charge is 2.23. The molecule has 1 saturated carbocycles. The van der Waals surface area contributed by atoms with Gasteiger partial charge in [0.25, 0.3) is 5.91 Å². The molecule has 3 aromatic carbocycles. The van der Waals surface area contributed by atoms with Crippen molar-refractivity contribution in [3.63, 3.8) is 0 Å². The molecule has 46 heavy (non-hydrogen) atoms. The lowest BCUT2D eigenvalue weighted by Crippen LogP contribution is -2.42. The number of carbonyl (C=O) groups is 4. The summed E-state index contributed by atoms with van der Waals surface area (Å²) in [5.41, 5.74) is 4.12. The van der Waals surface area contributed by atoms with Gasteiger partial charge in [-0.3, -0.25) is 9.59 Å². The molecule has 0 spiro atoms. The van der Waals surface area contributed by atoms with Crippen LogP contribution in [0.15, 0.2) is 66.7 Å². The first-order valence-corrected chi connectivity index (χ1v) is 15.7. The Morgan fingerprint density at radius 3 is 2.30 bits per heavy atom. The average Bonchev–Trinajstić information content (AvgIpc) is 3.06. The van der Waals surface area contributed by atoms with Gasteiger partial charge < -0.3 is 29.9 Å². The summed E-state index contributed by atoms with van der Waals surface area (Å²) in [5, 5.41) is 5.29. The maximum Gasteiger partial charge on any atom is 0.337 e. The molecule has 0 radical (unpaired) electrons. The Morgan fingerprint density at radius 2 is 1.59 bits per heavy atom. The van der Waals surface area contributed by atoms with Crippen LogP contribution in [0, 0.1) is 19.8 Å². The quantitative estimate of drug-likeness (QED) is 0.229. The number of nitrogens with zero attached hydrogens (tertiary/aromatic N) is 2. The van der Waals surface area contributed by atoms with Crippen LogP contribution in [0.3, 0.4) is 0 Å². The van der Waals surface area contributed by atoms with Crippen LogP contribution in [0.5, 0.6) is 5.75 Å². The zero-order valence-corrected chi connectivity index (χ0v) is 27.1. The van der Waals surface area contributed by atoms with E-state index in [-0.39, 0.29) is 25.0 Å². The lowest BCUT2D eigenvalue weighted by molar-refractivity contribution is -0.120. The van der Waals surface area contributed by atoms with Crippen LogP contribution in [-0.2, 0) is 14.3 Å². The first-order valence-electron chi connectivity index (χ1n) is 15.7. The van der Waals surface area contributed by atoms with Gasteiger partial charge in [0.1, 0.15) is 5.75 Å². The molecule has 244 valence electrons. The molecule has 0 saturated heterocycles. The summed E-state index contributed by atoms with van der Waals surface area (Å²) in [7, 11) is 3.00. The van der Waals surface area contributed by atoms with Crippen LogP contribution < -0.4 is 25.2 Å². The Morgan fingerprint density at radius 1 is 0.870 bits per heavy atom. The predicted octanol–water partition coefficient (Wildman–Crippen LogP) is 6.26. The molecule has 0 aromatic heterocycles. The van der Waals surface area contributed by atoms with E-state index in [1.165, 1.54) is 32.4 Å². The standard InChI is InChI=1S/C36H44N4O6/c1-25-19-26(2)21-30(20-25)39(3)34(42)24-46-32-16-9-8-15-31(32)40(18-17-27-11-6-5-7-12-27)33(41)23-37-36(44)38-29-14-10-13-28(22-29)35(43)45-4/h8-10,13-16,19-22,27H,5-7,11-12,17-18,23-24H2,1-4H3,(H2,37,38,44). The number of urea groups is 1. The van der Waals surface area contributed by atoms with Gasteiger partial charge in [0, 0.05) is 25.0 Å². The number of likely N-dealkylation sites (N-methyl/N-ethyl adjacent to an activating group) is 1. The summed E-state index contributed by atoms with van der Waals surface area (Å²) in [6, 6.07) is 18.9. The van der Waals surface area contributed by atoms with Crippen molar-refractivity contribution in [2.45, 2.75) is 52.4 Å². The van der Waals surface area contributed by atoms with Gasteiger partial charge in [0.2, 0.25) is 5.91 Å². The Bertz CT molecular complexity index is 1510. The van der Waals surface area contributed by atoms with Gasteiger partial charge in [-0.25, -0.2) is 9.59 Å². The summed E-state index contributed by atoms with van der Waals surface area (Å²) in [6.07, 6.45) is 6.69. The first kappa shape index (κ1) is 34.0. The van der Waals surface area contributed by atoms with Gasteiger partial charge in [-0.15, -0.1) is 0 Å². The summed E-state index contributed by atoms with van der Waals surface area (Å²) in [4.78, 5) is 54.6. The van der Waals surface area contributed by atoms with E-state index in [0.717, 1.165) is 36.1 Å². The zero-order chi connectivity index (χ0) is 33.1. The smallest absolute Gasteiger partial charge is 0.337 e. The van der Waals surface area contributed by atoms with Gasteiger partial charge in [-0.2, -0.15) is 0 Å².